The van der Waals surface area contributed by atoms with Crippen molar-refractivity contribution in [3.63, 3.8) is 0 Å². The molecule has 0 bridgehead atoms. The Labute approximate surface area is 191 Å². The maximum absolute atomic E-state index is 4.74. The normalized spacial score (nSPS) is 11.2. The third kappa shape index (κ3) is 6.52. The van der Waals surface area contributed by atoms with Gasteiger partial charge in [0.2, 0.25) is 0 Å². The van der Waals surface area contributed by atoms with Crippen LogP contribution in [0.2, 0.25) is 0 Å². The molecular formula is C20H26IN5S2. The Morgan fingerprint density at radius 2 is 1.89 bits per heavy atom. The zero-order valence-electron chi connectivity index (χ0n) is 16.4. The molecule has 2 aromatic heterocycles. The lowest BCUT2D eigenvalue weighted by Gasteiger charge is -2.10. The van der Waals surface area contributed by atoms with Crippen LogP contribution in [0.3, 0.4) is 0 Å². The zero-order valence-corrected chi connectivity index (χ0v) is 20.3. The minimum Gasteiger partial charge on any atom is -0.357 e. The summed E-state index contributed by atoms with van der Waals surface area (Å²) < 4.78 is 0. The number of thiazole rings is 2. The van der Waals surface area contributed by atoms with Crippen molar-refractivity contribution in [2.24, 2.45) is 4.99 Å². The van der Waals surface area contributed by atoms with E-state index in [9.17, 15) is 0 Å². The molecule has 0 amide bonds. The SMILES string of the molecule is CCNC(=NCc1nc(C)c(C)s1)NCCc1csc(-c2ccccc2)n1.I. The number of nitrogens with zero attached hydrogens (tertiary/aromatic N) is 3. The van der Waals surface area contributed by atoms with Gasteiger partial charge in [-0.3, -0.25) is 0 Å². The molecule has 0 atom stereocenters. The lowest BCUT2D eigenvalue weighted by Crippen LogP contribution is -2.38. The number of halogens is 1. The molecule has 0 unspecified atom stereocenters. The minimum atomic E-state index is 0. The number of aliphatic imine (C=N–C) groups is 1. The number of guanidine groups is 1. The van der Waals surface area contributed by atoms with E-state index in [1.54, 1.807) is 22.7 Å². The van der Waals surface area contributed by atoms with Crippen molar-refractivity contribution in [3.8, 4) is 10.6 Å². The lowest BCUT2D eigenvalue weighted by atomic mass is 10.2. The molecule has 3 aromatic rings. The first-order valence-corrected chi connectivity index (χ1v) is 10.8. The topological polar surface area (TPSA) is 62.2 Å². The van der Waals surface area contributed by atoms with Gasteiger partial charge in [0.05, 0.1) is 17.9 Å². The van der Waals surface area contributed by atoms with Crippen molar-refractivity contribution in [1.29, 1.82) is 0 Å². The molecule has 0 aliphatic rings. The Balaban J connectivity index is 0.00000280. The number of aryl methyl sites for hydroxylation is 2. The van der Waals surface area contributed by atoms with Gasteiger partial charge in [-0.1, -0.05) is 30.3 Å². The number of hydrogen-bond donors (Lipinski definition) is 2. The summed E-state index contributed by atoms with van der Waals surface area (Å²) in [5.41, 5.74) is 3.37. The zero-order chi connectivity index (χ0) is 19.1. The molecule has 0 saturated heterocycles. The van der Waals surface area contributed by atoms with Gasteiger partial charge in [-0.2, -0.15) is 0 Å². The van der Waals surface area contributed by atoms with Gasteiger partial charge in [-0.05, 0) is 20.8 Å². The van der Waals surface area contributed by atoms with Crippen LogP contribution < -0.4 is 10.6 Å². The number of rotatable bonds is 7. The minimum absolute atomic E-state index is 0. The molecule has 1 aromatic carbocycles. The fraction of sp³-hybridized carbons (Fsp3) is 0.350. The number of hydrogen-bond acceptors (Lipinski definition) is 5. The Morgan fingerprint density at radius 1 is 1.11 bits per heavy atom. The molecule has 3 rings (SSSR count). The third-order valence-electron chi connectivity index (χ3n) is 4.04. The molecule has 0 radical (unpaired) electrons. The van der Waals surface area contributed by atoms with Crippen molar-refractivity contribution in [2.75, 3.05) is 13.1 Å². The lowest BCUT2D eigenvalue weighted by molar-refractivity contribution is 0.790. The van der Waals surface area contributed by atoms with Crippen LogP contribution in [-0.4, -0.2) is 29.0 Å². The average Bonchev–Trinajstić information content (AvgIpc) is 3.27. The summed E-state index contributed by atoms with van der Waals surface area (Å²) in [6, 6.07) is 10.3. The summed E-state index contributed by atoms with van der Waals surface area (Å²) >= 11 is 3.40. The first kappa shape index (κ1) is 22.8. The molecule has 0 saturated carbocycles. The number of benzene rings is 1. The first-order valence-electron chi connectivity index (χ1n) is 9.10. The largest absolute Gasteiger partial charge is 0.357 e. The molecule has 8 heteroatoms. The Bertz CT molecular complexity index is 870. The van der Waals surface area contributed by atoms with E-state index in [-0.39, 0.29) is 24.0 Å². The predicted molar refractivity (Wildman–Crippen MR) is 131 cm³/mol. The van der Waals surface area contributed by atoms with Gasteiger partial charge in [0.15, 0.2) is 5.96 Å². The summed E-state index contributed by atoms with van der Waals surface area (Å²) in [4.78, 5) is 15.2. The van der Waals surface area contributed by atoms with E-state index in [0.717, 1.165) is 46.9 Å². The van der Waals surface area contributed by atoms with E-state index in [1.807, 2.05) is 25.1 Å². The summed E-state index contributed by atoms with van der Waals surface area (Å²) in [7, 11) is 0. The van der Waals surface area contributed by atoms with Crippen molar-refractivity contribution in [3.05, 3.63) is 57.0 Å². The molecule has 2 N–H and O–H groups in total. The number of nitrogens with one attached hydrogen (secondary N) is 2. The maximum Gasteiger partial charge on any atom is 0.191 e. The van der Waals surface area contributed by atoms with E-state index in [2.05, 4.69) is 52.0 Å². The molecular weight excluding hydrogens is 501 g/mol. The van der Waals surface area contributed by atoms with Crippen molar-refractivity contribution < 1.29 is 0 Å². The van der Waals surface area contributed by atoms with Gasteiger partial charge in [-0.15, -0.1) is 46.7 Å². The van der Waals surface area contributed by atoms with Crippen LogP contribution in [0.1, 0.15) is 28.2 Å². The summed E-state index contributed by atoms with van der Waals surface area (Å²) in [5.74, 6) is 0.821. The standard InChI is InChI=1S/C20H25N5S2.HI/c1-4-21-20(23-12-18-24-14(2)15(3)27-18)22-11-10-17-13-26-19(25-17)16-8-6-5-7-9-16;/h5-9,13H,4,10-12H2,1-3H3,(H2,21,22,23);1H. The quantitative estimate of drug-likeness (QED) is 0.263. The van der Waals surface area contributed by atoms with Crippen molar-refractivity contribution >= 4 is 52.6 Å². The summed E-state index contributed by atoms with van der Waals surface area (Å²) in [6.45, 7) is 8.43. The van der Waals surface area contributed by atoms with Crippen molar-refractivity contribution in [2.45, 2.75) is 33.7 Å². The molecule has 5 nitrogen and oxygen atoms in total. The monoisotopic (exact) mass is 527 g/mol. The van der Waals surface area contributed by atoms with E-state index in [4.69, 9.17) is 4.98 Å². The second-order valence-electron chi connectivity index (χ2n) is 6.13. The van der Waals surface area contributed by atoms with Gasteiger partial charge in [-0.25, -0.2) is 15.0 Å². The second-order valence-corrected chi connectivity index (χ2v) is 8.28. The molecule has 150 valence electrons. The highest BCUT2D eigenvalue weighted by Crippen LogP contribution is 2.23. The van der Waals surface area contributed by atoms with Gasteiger partial charge < -0.3 is 10.6 Å². The third-order valence-corrected chi connectivity index (χ3v) is 6.03. The van der Waals surface area contributed by atoms with E-state index in [0.29, 0.717) is 6.54 Å². The van der Waals surface area contributed by atoms with Gasteiger partial charge >= 0.3 is 0 Å². The highest BCUT2D eigenvalue weighted by molar-refractivity contribution is 14.0. The molecule has 0 aliphatic heterocycles. The Morgan fingerprint density at radius 3 is 2.57 bits per heavy atom. The van der Waals surface area contributed by atoms with Crippen LogP contribution in [0.5, 0.6) is 0 Å². The molecule has 28 heavy (non-hydrogen) atoms. The molecule has 0 aliphatic carbocycles. The van der Waals surface area contributed by atoms with E-state index < -0.39 is 0 Å². The average molecular weight is 528 g/mol. The molecule has 0 spiro atoms. The van der Waals surface area contributed by atoms with Crippen LogP contribution >= 0.6 is 46.7 Å². The van der Waals surface area contributed by atoms with E-state index >= 15 is 0 Å². The first-order chi connectivity index (χ1) is 13.2. The van der Waals surface area contributed by atoms with Gasteiger partial charge in [0, 0.05) is 35.3 Å². The summed E-state index contributed by atoms with van der Waals surface area (Å²) in [5, 5.41) is 10.9. The highest BCUT2D eigenvalue weighted by Gasteiger charge is 2.06. The van der Waals surface area contributed by atoms with E-state index in [1.165, 1.54) is 10.4 Å². The van der Waals surface area contributed by atoms with Crippen LogP contribution in [0.4, 0.5) is 0 Å². The van der Waals surface area contributed by atoms with Crippen LogP contribution in [-0.2, 0) is 13.0 Å². The Hall–Kier alpha value is -1.52. The fourth-order valence-electron chi connectivity index (χ4n) is 2.54. The fourth-order valence-corrected chi connectivity index (χ4v) is 4.26. The maximum atomic E-state index is 4.74. The van der Waals surface area contributed by atoms with Crippen LogP contribution in [0, 0.1) is 13.8 Å². The van der Waals surface area contributed by atoms with Crippen LogP contribution in [0.15, 0.2) is 40.7 Å². The van der Waals surface area contributed by atoms with Crippen molar-refractivity contribution in [1.82, 2.24) is 20.6 Å². The predicted octanol–water partition coefficient (Wildman–Crippen LogP) is 4.80. The molecule has 0 fully saturated rings. The number of aromatic nitrogens is 2. The van der Waals surface area contributed by atoms with Crippen LogP contribution in [0.25, 0.3) is 10.6 Å². The van der Waals surface area contributed by atoms with Gasteiger partial charge in [0.25, 0.3) is 0 Å². The highest BCUT2D eigenvalue weighted by atomic mass is 127. The summed E-state index contributed by atoms with van der Waals surface area (Å²) in [6.07, 6.45) is 0.864. The Kier molecular flexibility index (Phi) is 9.33. The van der Waals surface area contributed by atoms with Gasteiger partial charge in [0.1, 0.15) is 10.0 Å². The second kappa shape index (κ2) is 11.5. The molecule has 2 heterocycles. The smallest absolute Gasteiger partial charge is 0.191 e.